The summed E-state index contributed by atoms with van der Waals surface area (Å²) in [7, 11) is 1.88. The molecule has 0 fully saturated rings. The van der Waals surface area contributed by atoms with E-state index in [-0.39, 0.29) is 25.0 Å². The minimum atomic E-state index is -1.30. The van der Waals surface area contributed by atoms with E-state index in [1.807, 2.05) is 7.05 Å². The van der Waals surface area contributed by atoms with Crippen LogP contribution in [0.5, 0.6) is 0 Å². The van der Waals surface area contributed by atoms with Gasteiger partial charge in [0, 0.05) is 12.5 Å². The van der Waals surface area contributed by atoms with Gasteiger partial charge in [0.15, 0.2) is 0 Å². The number of ether oxygens (including phenoxy) is 5. The summed E-state index contributed by atoms with van der Waals surface area (Å²) in [5.74, 6) is -0.342. The Morgan fingerprint density at radius 1 is 0.862 bits per heavy atom. The van der Waals surface area contributed by atoms with Crippen LogP contribution >= 0.6 is 0 Å². The van der Waals surface area contributed by atoms with Crippen LogP contribution in [0.15, 0.2) is 0 Å². The Hall–Kier alpha value is -0.840. The Balaban J connectivity index is 3.49. The molecule has 0 aliphatic rings. The van der Waals surface area contributed by atoms with Gasteiger partial charge < -0.3 is 34.3 Å². The summed E-state index contributed by atoms with van der Waals surface area (Å²) in [6, 6.07) is 0. The Bertz CT molecular complexity index is 399. The van der Waals surface area contributed by atoms with E-state index in [0.717, 1.165) is 6.54 Å². The van der Waals surface area contributed by atoms with Crippen molar-refractivity contribution in [2.45, 2.75) is 39.5 Å². The van der Waals surface area contributed by atoms with Gasteiger partial charge in [-0.05, 0) is 20.9 Å². The molecule has 0 aliphatic heterocycles. The molecule has 174 valence electrons. The molecule has 0 bridgehead atoms. The van der Waals surface area contributed by atoms with Crippen molar-refractivity contribution in [3.8, 4) is 0 Å². The molecule has 0 heterocycles. The van der Waals surface area contributed by atoms with Crippen LogP contribution < -0.4 is 10.6 Å². The summed E-state index contributed by atoms with van der Waals surface area (Å²) in [6.07, 6.45) is -1.30. The molecule has 1 atom stereocenters. The Kier molecular flexibility index (Phi) is 17.5. The molecule has 0 aromatic rings. The highest BCUT2D eigenvalue weighted by molar-refractivity contribution is 5.77. The Labute approximate surface area is 175 Å². The molecule has 1 unspecified atom stereocenters. The van der Waals surface area contributed by atoms with E-state index >= 15 is 0 Å². The van der Waals surface area contributed by atoms with Gasteiger partial charge in [-0.15, -0.1) is 0 Å². The number of carbonyl (C=O) groups excluding carboxylic acids is 1. The molecule has 8 nitrogen and oxygen atoms in total. The van der Waals surface area contributed by atoms with Gasteiger partial charge in [-0.3, -0.25) is 4.79 Å². The lowest BCUT2D eigenvalue weighted by Gasteiger charge is -2.29. The minimum absolute atomic E-state index is 0.0666. The lowest BCUT2D eigenvalue weighted by molar-refractivity contribution is -0.125. The molecular formula is C20H41FN2O6. The SMILES string of the molecule is CNCCOCCOCCOCCOCCOC(C)(C)C(F)CNC(=O)C(C)C. The van der Waals surface area contributed by atoms with Gasteiger partial charge in [0.1, 0.15) is 6.17 Å². The first-order chi connectivity index (χ1) is 13.8. The average Bonchev–Trinajstić information content (AvgIpc) is 2.68. The molecule has 0 spiro atoms. The second-order valence-corrected chi connectivity index (χ2v) is 7.37. The van der Waals surface area contributed by atoms with E-state index in [1.165, 1.54) is 0 Å². The van der Waals surface area contributed by atoms with Crippen LogP contribution in [-0.2, 0) is 28.5 Å². The Morgan fingerprint density at radius 2 is 1.31 bits per heavy atom. The van der Waals surface area contributed by atoms with Crippen LogP contribution in [0.3, 0.4) is 0 Å². The molecule has 0 aromatic carbocycles. The molecule has 0 radical (unpaired) electrons. The third kappa shape index (κ3) is 16.6. The number of alkyl halides is 1. The van der Waals surface area contributed by atoms with Crippen molar-refractivity contribution < 1.29 is 32.9 Å². The fourth-order valence-corrected chi connectivity index (χ4v) is 2.03. The maximum absolute atomic E-state index is 14.3. The molecular weight excluding hydrogens is 383 g/mol. The number of carbonyl (C=O) groups is 1. The summed E-state index contributed by atoms with van der Waals surface area (Å²) in [6.45, 7) is 11.9. The highest BCUT2D eigenvalue weighted by atomic mass is 19.1. The van der Waals surface area contributed by atoms with Gasteiger partial charge in [0.25, 0.3) is 0 Å². The number of halogens is 1. The van der Waals surface area contributed by atoms with Crippen LogP contribution in [0.1, 0.15) is 27.7 Å². The molecule has 2 N–H and O–H groups in total. The molecule has 0 aliphatic carbocycles. The normalized spacial score (nSPS) is 13.1. The molecule has 0 saturated carbocycles. The number of hydrogen-bond acceptors (Lipinski definition) is 7. The van der Waals surface area contributed by atoms with Crippen LogP contribution in [0.2, 0.25) is 0 Å². The van der Waals surface area contributed by atoms with E-state index in [1.54, 1.807) is 27.7 Å². The molecule has 0 aromatic heterocycles. The minimum Gasteiger partial charge on any atom is -0.378 e. The van der Waals surface area contributed by atoms with E-state index in [2.05, 4.69) is 10.6 Å². The fourth-order valence-electron chi connectivity index (χ4n) is 2.03. The van der Waals surface area contributed by atoms with Gasteiger partial charge >= 0.3 is 0 Å². The number of likely N-dealkylation sites (N-methyl/N-ethyl adjacent to an activating group) is 1. The summed E-state index contributed by atoms with van der Waals surface area (Å²) in [5, 5.41) is 5.58. The lowest BCUT2D eigenvalue weighted by Crippen LogP contribution is -2.45. The van der Waals surface area contributed by atoms with Gasteiger partial charge in [-0.1, -0.05) is 13.8 Å². The quantitative estimate of drug-likeness (QED) is 0.284. The van der Waals surface area contributed by atoms with Gasteiger partial charge in [-0.2, -0.15) is 0 Å². The van der Waals surface area contributed by atoms with Crippen LogP contribution in [0.4, 0.5) is 4.39 Å². The van der Waals surface area contributed by atoms with Crippen LogP contribution in [0.25, 0.3) is 0 Å². The zero-order valence-corrected chi connectivity index (χ0v) is 18.8. The third-order valence-corrected chi connectivity index (χ3v) is 4.05. The van der Waals surface area contributed by atoms with Crippen LogP contribution in [0, 0.1) is 5.92 Å². The standard InChI is InChI=1S/C20H41FN2O6/c1-17(2)19(24)23-16-18(21)20(3,4)29-15-14-28-13-12-27-11-10-26-9-8-25-7-6-22-5/h17-18,22H,6-16H2,1-5H3,(H,23,24). The molecule has 0 rings (SSSR count). The number of amides is 1. The van der Waals surface area contributed by atoms with Crippen molar-refractivity contribution in [1.82, 2.24) is 10.6 Å². The van der Waals surface area contributed by atoms with Crippen LogP contribution in [-0.4, -0.2) is 97.3 Å². The smallest absolute Gasteiger partial charge is 0.222 e. The van der Waals surface area contributed by atoms with Crippen molar-refractivity contribution in [3.05, 3.63) is 0 Å². The number of rotatable bonds is 20. The first-order valence-electron chi connectivity index (χ1n) is 10.3. The van der Waals surface area contributed by atoms with E-state index < -0.39 is 11.8 Å². The monoisotopic (exact) mass is 424 g/mol. The first-order valence-corrected chi connectivity index (χ1v) is 10.3. The largest absolute Gasteiger partial charge is 0.378 e. The lowest BCUT2D eigenvalue weighted by atomic mass is 10.0. The first kappa shape index (κ1) is 28.2. The molecule has 0 saturated heterocycles. The topological polar surface area (TPSA) is 87.3 Å². The highest BCUT2D eigenvalue weighted by Gasteiger charge is 2.30. The Morgan fingerprint density at radius 3 is 1.76 bits per heavy atom. The van der Waals surface area contributed by atoms with E-state index in [0.29, 0.717) is 52.9 Å². The summed E-state index contributed by atoms with van der Waals surface area (Å²) < 4.78 is 41.3. The van der Waals surface area contributed by atoms with E-state index in [4.69, 9.17) is 23.7 Å². The highest BCUT2D eigenvalue weighted by Crippen LogP contribution is 2.17. The van der Waals surface area contributed by atoms with Crippen molar-refractivity contribution in [1.29, 1.82) is 0 Å². The predicted octanol–water partition coefficient (Wildman–Crippen LogP) is 1.18. The average molecular weight is 425 g/mol. The fraction of sp³-hybridized carbons (Fsp3) is 0.950. The zero-order chi connectivity index (χ0) is 22.0. The maximum Gasteiger partial charge on any atom is 0.222 e. The summed E-state index contributed by atoms with van der Waals surface area (Å²) in [4.78, 5) is 11.5. The van der Waals surface area contributed by atoms with E-state index in [9.17, 15) is 9.18 Å². The summed E-state index contributed by atoms with van der Waals surface area (Å²) in [5.41, 5.74) is -1.00. The molecule has 9 heteroatoms. The third-order valence-electron chi connectivity index (χ3n) is 4.05. The predicted molar refractivity (Wildman–Crippen MR) is 110 cm³/mol. The van der Waals surface area contributed by atoms with Gasteiger partial charge in [-0.25, -0.2) is 4.39 Å². The van der Waals surface area contributed by atoms with Gasteiger partial charge in [0.2, 0.25) is 5.91 Å². The maximum atomic E-state index is 14.3. The zero-order valence-electron chi connectivity index (χ0n) is 18.8. The molecule has 29 heavy (non-hydrogen) atoms. The van der Waals surface area contributed by atoms with Gasteiger partial charge in [0.05, 0.1) is 71.6 Å². The van der Waals surface area contributed by atoms with Crippen molar-refractivity contribution in [2.24, 2.45) is 5.92 Å². The van der Waals surface area contributed by atoms with Crippen molar-refractivity contribution in [3.63, 3.8) is 0 Å². The molecule has 1 amide bonds. The summed E-state index contributed by atoms with van der Waals surface area (Å²) >= 11 is 0. The second kappa shape index (κ2) is 18.0. The van der Waals surface area contributed by atoms with Crippen molar-refractivity contribution >= 4 is 5.91 Å². The second-order valence-electron chi connectivity index (χ2n) is 7.37. The number of hydrogen-bond donors (Lipinski definition) is 2. The number of nitrogens with one attached hydrogen (secondary N) is 2. The van der Waals surface area contributed by atoms with Crippen molar-refractivity contribution in [2.75, 3.05) is 79.6 Å².